The lowest BCUT2D eigenvalue weighted by Gasteiger charge is -2.15. The Bertz CT molecular complexity index is 1040. The molecule has 1 saturated carbocycles. The fourth-order valence-corrected chi connectivity index (χ4v) is 3.68. The van der Waals surface area contributed by atoms with Crippen molar-refractivity contribution in [3.63, 3.8) is 0 Å². The SMILES string of the molecule is N#Cc1ccc2ncc3[nH]c(C4CC(=O)N(CC5CC5)C4)nc3c2c1. The Kier molecular flexibility index (Phi) is 3.04. The van der Waals surface area contributed by atoms with E-state index in [9.17, 15) is 4.79 Å². The molecule has 1 unspecified atom stereocenters. The number of carbonyl (C=O) groups is 1. The second-order valence-electron chi connectivity index (χ2n) is 7.13. The van der Waals surface area contributed by atoms with Crippen LogP contribution in [0.2, 0.25) is 0 Å². The number of aromatic amines is 1. The maximum absolute atomic E-state index is 12.3. The number of likely N-dealkylation sites (tertiary alicyclic amines) is 1. The van der Waals surface area contributed by atoms with Crippen molar-refractivity contribution in [1.82, 2.24) is 19.9 Å². The molecule has 2 aliphatic rings. The first-order chi connectivity index (χ1) is 12.2. The van der Waals surface area contributed by atoms with Crippen LogP contribution < -0.4 is 0 Å². The highest BCUT2D eigenvalue weighted by Gasteiger charge is 2.35. The normalized spacial score (nSPS) is 20.5. The zero-order valence-corrected chi connectivity index (χ0v) is 13.7. The molecule has 0 spiro atoms. The number of hydrogen-bond donors (Lipinski definition) is 1. The Hall–Kier alpha value is -2.94. The summed E-state index contributed by atoms with van der Waals surface area (Å²) in [6.07, 6.45) is 4.79. The molecule has 6 heteroatoms. The van der Waals surface area contributed by atoms with Crippen molar-refractivity contribution < 1.29 is 4.79 Å². The minimum atomic E-state index is 0.104. The highest BCUT2D eigenvalue weighted by atomic mass is 16.2. The van der Waals surface area contributed by atoms with Gasteiger partial charge in [-0.15, -0.1) is 0 Å². The second-order valence-corrected chi connectivity index (χ2v) is 7.13. The number of imidazole rings is 1. The van der Waals surface area contributed by atoms with Gasteiger partial charge in [0.1, 0.15) is 5.82 Å². The van der Waals surface area contributed by atoms with Crippen LogP contribution in [0.3, 0.4) is 0 Å². The number of nitrogens with zero attached hydrogens (tertiary/aromatic N) is 4. The maximum Gasteiger partial charge on any atom is 0.223 e. The highest BCUT2D eigenvalue weighted by molar-refractivity contribution is 6.02. The van der Waals surface area contributed by atoms with Gasteiger partial charge in [0.2, 0.25) is 5.91 Å². The summed E-state index contributed by atoms with van der Waals surface area (Å²) in [6, 6.07) is 7.60. The quantitative estimate of drug-likeness (QED) is 0.799. The number of pyridine rings is 1. The summed E-state index contributed by atoms with van der Waals surface area (Å²) in [5, 5.41) is 10.0. The third-order valence-corrected chi connectivity index (χ3v) is 5.24. The molecule has 25 heavy (non-hydrogen) atoms. The summed E-state index contributed by atoms with van der Waals surface area (Å²) in [6.45, 7) is 1.63. The van der Waals surface area contributed by atoms with E-state index in [1.54, 1.807) is 12.3 Å². The van der Waals surface area contributed by atoms with Gasteiger partial charge >= 0.3 is 0 Å². The molecule has 2 fully saturated rings. The van der Waals surface area contributed by atoms with E-state index < -0.39 is 0 Å². The highest BCUT2D eigenvalue weighted by Crippen LogP contribution is 2.34. The van der Waals surface area contributed by atoms with Gasteiger partial charge in [-0.3, -0.25) is 9.78 Å². The van der Waals surface area contributed by atoms with Gasteiger partial charge in [0.25, 0.3) is 0 Å². The average molecular weight is 331 g/mol. The summed E-state index contributed by atoms with van der Waals surface area (Å²) in [4.78, 5) is 26.8. The van der Waals surface area contributed by atoms with Gasteiger partial charge in [0, 0.05) is 30.8 Å². The predicted molar refractivity (Wildman–Crippen MR) is 92.8 cm³/mol. The lowest BCUT2D eigenvalue weighted by molar-refractivity contribution is -0.127. The lowest BCUT2D eigenvalue weighted by Crippen LogP contribution is -2.27. The van der Waals surface area contributed by atoms with Crippen molar-refractivity contribution >= 4 is 27.8 Å². The molecule has 1 aliphatic carbocycles. The van der Waals surface area contributed by atoms with Crippen LogP contribution in [0.1, 0.15) is 36.6 Å². The monoisotopic (exact) mass is 331 g/mol. The van der Waals surface area contributed by atoms with Crippen LogP contribution >= 0.6 is 0 Å². The molecule has 0 radical (unpaired) electrons. The van der Waals surface area contributed by atoms with Crippen LogP contribution in [0, 0.1) is 17.2 Å². The number of amides is 1. The van der Waals surface area contributed by atoms with Crippen LogP contribution in [0.5, 0.6) is 0 Å². The van der Waals surface area contributed by atoms with Gasteiger partial charge in [0.05, 0.1) is 34.4 Å². The van der Waals surface area contributed by atoms with Gasteiger partial charge < -0.3 is 9.88 Å². The second kappa shape index (κ2) is 5.28. The largest absolute Gasteiger partial charge is 0.342 e. The van der Waals surface area contributed by atoms with E-state index in [1.807, 2.05) is 17.0 Å². The molecule has 1 saturated heterocycles. The van der Waals surface area contributed by atoms with Gasteiger partial charge in [0.15, 0.2) is 0 Å². The summed E-state index contributed by atoms with van der Waals surface area (Å²) in [7, 11) is 0. The molecular formula is C19H17N5O. The van der Waals surface area contributed by atoms with E-state index in [2.05, 4.69) is 16.0 Å². The van der Waals surface area contributed by atoms with Crippen LogP contribution in [-0.4, -0.2) is 38.8 Å². The first-order valence-electron chi connectivity index (χ1n) is 8.67. The minimum absolute atomic E-state index is 0.104. The summed E-state index contributed by atoms with van der Waals surface area (Å²) in [5.74, 6) is 1.88. The van der Waals surface area contributed by atoms with Gasteiger partial charge in [-0.2, -0.15) is 5.26 Å². The third-order valence-electron chi connectivity index (χ3n) is 5.24. The molecule has 6 nitrogen and oxygen atoms in total. The van der Waals surface area contributed by atoms with Crippen molar-refractivity contribution in [3.8, 4) is 6.07 Å². The van der Waals surface area contributed by atoms with E-state index in [-0.39, 0.29) is 11.8 Å². The van der Waals surface area contributed by atoms with E-state index in [0.29, 0.717) is 17.9 Å². The minimum Gasteiger partial charge on any atom is -0.342 e. The zero-order valence-electron chi connectivity index (χ0n) is 13.7. The molecule has 1 N–H and O–H groups in total. The number of hydrogen-bond acceptors (Lipinski definition) is 4. The lowest BCUT2D eigenvalue weighted by atomic mass is 10.1. The molecule has 1 aliphatic heterocycles. The van der Waals surface area contributed by atoms with Gasteiger partial charge in [-0.1, -0.05) is 0 Å². The first-order valence-corrected chi connectivity index (χ1v) is 8.67. The van der Waals surface area contributed by atoms with Gasteiger partial charge in [-0.05, 0) is 37.0 Å². The molecule has 3 heterocycles. The third kappa shape index (κ3) is 2.43. The number of fused-ring (bicyclic) bond motifs is 3. The Labute approximate surface area is 144 Å². The number of carbonyl (C=O) groups excluding carboxylic acids is 1. The van der Waals surface area contributed by atoms with Crippen molar-refractivity contribution in [3.05, 3.63) is 35.8 Å². The van der Waals surface area contributed by atoms with Crippen molar-refractivity contribution in [1.29, 1.82) is 5.26 Å². The Balaban J connectivity index is 1.53. The Morgan fingerprint density at radius 1 is 1.36 bits per heavy atom. The maximum atomic E-state index is 12.3. The van der Waals surface area contributed by atoms with E-state index >= 15 is 0 Å². The molecule has 1 amide bonds. The molecule has 1 aromatic carbocycles. The number of aromatic nitrogens is 3. The standard InChI is InChI=1S/C19H17N5O/c20-7-12-3-4-15-14(5-12)18-16(8-21-15)22-19(23-18)13-6-17(25)24(10-13)9-11-1-2-11/h3-5,8,11,13H,1-2,6,9-10H2,(H,22,23). The molecule has 0 bridgehead atoms. The van der Waals surface area contributed by atoms with Crippen LogP contribution in [0.4, 0.5) is 0 Å². The van der Waals surface area contributed by atoms with Crippen molar-refractivity contribution in [2.75, 3.05) is 13.1 Å². The number of H-pyrrole nitrogens is 1. The van der Waals surface area contributed by atoms with Crippen LogP contribution in [-0.2, 0) is 4.79 Å². The molecule has 1 atom stereocenters. The molecular weight excluding hydrogens is 314 g/mol. The smallest absolute Gasteiger partial charge is 0.223 e. The Morgan fingerprint density at radius 3 is 3.04 bits per heavy atom. The van der Waals surface area contributed by atoms with Gasteiger partial charge in [-0.25, -0.2) is 4.98 Å². The zero-order chi connectivity index (χ0) is 17.0. The Morgan fingerprint density at radius 2 is 2.24 bits per heavy atom. The number of nitrogens with one attached hydrogen (secondary N) is 1. The van der Waals surface area contributed by atoms with Crippen molar-refractivity contribution in [2.45, 2.75) is 25.2 Å². The van der Waals surface area contributed by atoms with Crippen molar-refractivity contribution in [2.24, 2.45) is 5.92 Å². The average Bonchev–Trinajstić information content (AvgIpc) is 3.21. The number of rotatable bonds is 3. The fraction of sp³-hybridized carbons (Fsp3) is 0.368. The summed E-state index contributed by atoms with van der Waals surface area (Å²) >= 11 is 0. The van der Waals surface area contributed by atoms with E-state index in [0.717, 1.165) is 40.9 Å². The molecule has 2 aromatic heterocycles. The van der Waals surface area contributed by atoms with Crippen LogP contribution in [0.15, 0.2) is 24.4 Å². The van der Waals surface area contributed by atoms with E-state index in [1.165, 1.54) is 12.8 Å². The molecule has 5 rings (SSSR count). The predicted octanol–water partition coefficient (Wildman–Crippen LogP) is 2.71. The number of nitriles is 1. The van der Waals surface area contributed by atoms with E-state index in [4.69, 9.17) is 10.2 Å². The van der Waals surface area contributed by atoms with Crippen LogP contribution in [0.25, 0.3) is 21.9 Å². The fourth-order valence-electron chi connectivity index (χ4n) is 3.68. The molecule has 3 aromatic rings. The number of benzene rings is 1. The topological polar surface area (TPSA) is 85.7 Å². The molecule has 124 valence electrons. The summed E-state index contributed by atoms with van der Waals surface area (Å²) in [5.41, 5.74) is 3.09. The first kappa shape index (κ1) is 14.4. The summed E-state index contributed by atoms with van der Waals surface area (Å²) < 4.78 is 0.